The van der Waals surface area contributed by atoms with Crippen molar-refractivity contribution in [3.8, 4) is 22.7 Å². The highest BCUT2D eigenvalue weighted by molar-refractivity contribution is 7.11. The van der Waals surface area contributed by atoms with E-state index in [0.717, 1.165) is 24.2 Å². The number of rotatable bonds is 11. The molecule has 2 heterocycles. The Kier molecular flexibility index (Phi) is 9.05. The number of ether oxygens (including phenoxy) is 3. The summed E-state index contributed by atoms with van der Waals surface area (Å²) in [5, 5.41) is 11.1. The lowest BCUT2D eigenvalue weighted by Gasteiger charge is -2.20. The first kappa shape index (κ1) is 27.2. The van der Waals surface area contributed by atoms with Crippen molar-refractivity contribution >= 4 is 28.9 Å². The second-order valence-electron chi connectivity index (χ2n) is 9.01. The summed E-state index contributed by atoms with van der Waals surface area (Å²) >= 11 is 1.24. The molecule has 10 nitrogen and oxygen atoms in total. The normalized spacial score (nSPS) is 11.2. The van der Waals surface area contributed by atoms with Gasteiger partial charge in [0.2, 0.25) is 17.7 Å². The van der Waals surface area contributed by atoms with Crippen LogP contribution in [-0.4, -0.2) is 54.7 Å². The van der Waals surface area contributed by atoms with Gasteiger partial charge < -0.3 is 30.2 Å². The van der Waals surface area contributed by atoms with Crippen LogP contribution < -0.4 is 30.2 Å². The molecule has 3 N–H and O–H groups in total. The minimum atomic E-state index is -0.464. The van der Waals surface area contributed by atoms with Crippen molar-refractivity contribution in [1.82, 2.24) is 20.3 Å². The maximum Gasteiger partial charge on any atom is 0.279 e. The third kappa shape index (κ3) is 6.82. The van der Waals surface area contributed by atoms with Crippen molar-refractivity contribution < 1.29 is 19.0 Å². The van der Waals surface area contributed by atoms with E-state index in [-0.39, 0.29) is 28.6 Å². The van der Waals surface area contributed by atoms with Gasteiger partial charge in [0, 0.05) is 18.5 Å². The van der Waals surface area contributed by atoms with Gasteiger partial charge in [-0.15, -0.1) is 0 Å². The van der Waals surface area contributed by atoms with Gasteiger partial charge >= 0.3 is 0 Å². The standard InChI is InChI=1S/C25H34N6O4S/c1-8-26-11-12-27-23-30-21(33-6)19(22(31-23)34-7)29-20(32)17-14-36-24(28-17)35-18-13-16(25(3,4)5)10-9-15(18)2/h9-10,13-14,26H,8,11-12H2,1-7H3,(H,29,32)(H,27,30,31). The number of benzene rings is 1. The van der Waals surface area contributed by atoms with Crippen molar-refractivity contribution in [3.05, 3.63) is 40.4 Å². The molecular weight excluding hydrogens is 480 g/mol. The van der Waals surface area contributed by atoms with E-state index in [4.69, 9.17) is 14.2 Å². The van der Waals surface area contributed by atoms with E-state index >= 15 is 0 Å². The Hall–Kier alpha value is -3.44. The van der Waals surface area contributed by atoms with E-state index in [1.165, 1.54) is 25.6 Å². The number of carbonyl (C=O) groups excluding carboxylic acids is 1. The van der Waals surface area contributed by atoms with Gasteiger partial charge in [-0.25, -0.2) is 0 Å². The molecule has 0 radical (unpaired) electrons. The van der Waals surface area contributed by atoms with Crippen LogP contribution in [0.5, 0.6) is 22.7 Å². The minimum absolute atomic E-state index is 0.0165. The van der Waals surface area contributed by atoms with Gasteiger partial charge in [-0.2, -0.15) is 15.0 Å². The summed E-state index contributed by atoms with van der Waals surface area (Å²) in [5.74, 6) is 0.911. The number of nitrogens with zero attached hydrogens (tertiary/aromatic N) is 3. The molecule has 1 aromatic carbocycles. The third-order valence-electron chi connectivity index (χ3n) is 5.27. The Balaban J connectivity index is 1.76. The largest absolute Gasteiger partial charge is 0.479 e. The SMILES string of the molecule is CCNCCNc1nc(OC)c(NC(=O)c2csc(Oc3cc(C(C)(C)C)ccc3C)n2)c(OC)n1. The fourth-order valence-electron chi connectivity index (χ4n) is 3.20. The van der Waals surface area contributed by atoms with Gasteiger partial charge in [0.15, 0.2) is 5.69 Å². The molecule has 0 atom stereocenters. The number of aryl methyl sites for hydroxylation is 1. The van der Waals surface area contributed by atoms with Crippen LogP contribution in [0.1, 0.15) is 49.3 Å². The topological polar surface area (TPSA) is 120 Å². The van der Waals surface area contributed by atoms with Crippen LogP contribution >= 0.6 is 11.3 Å². The first-order valence-electron chi connectivity index (χ1n) is 11.7. The number of carbonyl (C=O) groups is 1. The molecule has 0 spiro atoms. The molecule has 3 rings (SSSR count). The van der Waals surface area contributed by atoms with Crippen molar-refractivity contribution in [1.29, 1.82) is 0 Å². The first-order valence-corrected chi connectivity index (χ1v) is 12.5. The average Bonchev–Trinajstić information content (AvgIpc) is 3.31. The number of thiazole rings is 1. The van der Waals surface area contributed by atoms with Crippen LogP contribution in [0.4, 0.5) is 11.6 Å². The zero-order valence-corrected chi connectivity index (χ0v) is 22.6. The number of hydrogen-bond acceptors (Lipinski definition) is 10. The molecule has 194 valence electrons. The van der Waals surface area contributed by atoms with Gasteiger partial charge in [-0.05, 0) is 36.1 Å². The molecule has 11 heteroatoms. The average molecular weight is 515 g/mol. The fourth-order valence-corrected chi connectivity index (χ4v) is 3.86. The number of likely N-dealkylation sites (N-methyl/N-ethyl adjacent to an activating group) is 1. The lowest BCUT2D eigenvalue weighted by atomic mass is 9.86. The van der Waals surface area contributed by atoms with Gasteiger partial charge in [0.05, 0.1) is 14.2 Å². The highest BCUT2D eigenvalue weighted by atomic mass is 32.1. The molecule has 36 heavy (non-hydrogen) atoms. The maximum atomic E-state index is 13.0. The molecule has 0 aliphatic heterocycles. The molecule has 0 aliphatic carbocycles. The van der Waals surface area contributed by atoms with Crippen LogP contribution in [0.25, 0.3) is 0 Å². The second kappa shape index (κ2) is 12.0. The summed E-state index contributed by atoms with van der Waals surface area (Å²) in [5.41, 5.74) is 2.52. The molecule has 1 amide bonds. The Labute approximate surface area is 215 Å². The molecule has 0 fully saturated rings. The predicted octanol–water partition coefficient (Wildman–Crippen LogP) is 4.62. The first-order chi connectivity index (χ1) is 17.2. The summed E-state index contributed by atoms with van der Waals surface area (Å²) in [6.07, 6.45) is 0. The molecule has 0 aliphatic rings. The Morgan fingerprint density at radius 2 is 1.75 bits per heavy atom. The summed E-state index contributed by atoms with van der Waals surface area (Å²) in [7, 11) is 2.92. The molecule has 0 saturated carbocycles. The van der Waals surface area contributed by atoms with Crippen molar-refractivity contribution in [2.75, 3.05) is 44.5 Å². The zero-order chi connectivity index (χ0) is 26.3. The predicted molar refractivity (Wildman–Crippen MR) is 142 cm³/mol. The number of methoxy groups -OCH3 is 2. The number of nitrogens with one attached hydrogen (secondary N) is 3. The monoisotopic (exact) mass is 514 g/mol. The smallest absolute Gasteiger partial charge is 0.279 e. The van der Waals surface area contributed by atoms with Crippen LogP contribution in [0.2, 0.25) is 0 Å². The highest BCUT2D eigenvalue weighted by Gasteiger charge is 2.22. The molecule has 0 saturated heterocycles. The number of amides is 1. The van der Waals surface area contributed by atoms with Gasteiger partial charge in [-0.3, -0.25) is 4.79 Å². The number of anilines is 2. The van der Waals surface area contributed by atoms with E-state index in [9.17, 15) is 4.79 Å². The molecular formula is C25H34N6O4S. The summed E-state index contributed by atoms with van der Waals surface area (Å²) in [6, 6.07) is 6.13. The third-order valence-corrected chi connectivity index (χ3v) is 5.99. The molecule has 0 bridgehead atoms. The maximum absolute atomic E-state index is 13.0. The Morgan fingerprint density at radius 1 is 1.06 bits per heavy atom. The van der Waals surface area contributed by atoms with E-state index < -0.39 is 5.91 Å². The van der Waals surface area contributed by atoms with E-state index in [1.807, 2.05) is 26.0 Å². The second-order valence-corrected chi connectivity index (χ2v) is 9.83. The van der Waals surface area contributed by atoms with E-state index in [0.29, 0.717) is 23.4 Å². The van der Waals surface area contributed by atoms with Crippen LogP contribution in [-0.2, 0) is 5.41 Å². The quantitative estimate of drug-likeness (QED) is 0.315. The summed E-state index contributed by atoms with van der Waals surface area (Å²) < 4.78 is 16.8. The number of hydrogen-bond donors (Lipinski definition) is 3. The molecule has 3 aromatic rings. The minimum Gasteiger partial charge on any atom is -0.479 e. The van der Waals surface area contributed by atoms with Gasteiger partial charge in [-0.1, -0.05) is 51.2 Å². The highest BCUT2D eigenvalue weighted by Crippen LogP contribution is 2.35. The lowest BCUT2D eigenvalue weighted by molar-refractivity contribution is 0.102. The summed E-state index contributed by atoms with van der Waals surface area (Å²) in [4.78, 5) is 26.0. The Morgan fingerprint density at radius 3 is 2.36 bits per heavy atom. The van der Waals surface area contributed by atoms with Gasteiger partial charge in [0.1, 0.15) is 11.4 Å². The van der Waals surface area contributed by atoms with E-state index in [2.05, 4.69) is 57.7 Å². The van der Waals surface area contributed by atoms with Crippen molar-refractivity contribution in [3.63, 3.8) is 0 Å². The van der Waals surface area contributed by atoms with Crippen molar-refractivity contribution in [2.24, 2.45) is 0 Å². The van der Waals surface area contributed by atoms with E-state index in [1.54, 1.807) is 5.38 Å². The van der Waals surface area contributed by atoms with Crippen LogP contribution in [0.15, 0.2) is 23.6 Å². The van der Waals surface area contributed by atoms with Crippen LogP contribution in [0, 0.1) is 6.92 Å². The number of aromatic nitrogens is 3. The van der Waals surface area contributed by atoms with Crippen LogP contribution in [0.3, 0.4) is 0 Å². The molecule has 0 unspecified atom stereocenters. The lowest BCUT2D eigenvalue weighted by Crippen LogP contribution is -2.22. The molecule has 2 aromatic heterocycles. The Bertz CT molecular complexity index is 1170. The fraction of sp³-hybridized carbons (Fsp3) is 0.440. The summed E-state index contributed by atoms with van der Waals surface area (Å²) in [6.45, 7) is 12.7. The van der Waals surface area contributed by atoms with Crippen molar-refractivity contribution in [2.45, 2.75) is 40.0 Å². The van der Waals surface area contributed by atoms with Gasteiger partial charge in [0.25, 0.3) is 11.1 Å². The zero-order valence-electron chi connectivity index (χ0n) is 21.8.